The Hall–Kier alpha value is -2.33. The molecule has 0 bridgehead atoms. The van der Waals surface area contributed by atoms with Crippen LogP contribution in [0.3, 0.4) is 0 Å². The van der Waals surface area contributed by atoms with E-state index < -0.39 is 5.97 Å². The molecule has 0 saturated heterocycles. The van der Waals surface area contributed by atoms with Crippen molar-refractivity contribution in [3.05, 3.63) is 70.2 Å². The maximum atomic E-state index is 11.9. The van der Waals surface area contributed by atoms with Gasteiger partial charge < -0.3 is 9.47 Å². The van der Waals surface area contributed by atoms with Crippen LogP contribution in [0, 0.1) is 0 Å². The average molecular weight is 319 g/mol. The van der Waals surface area contributed by atoms with Crippen molar-refractivity contribution in [3.8, 4) is 0 Å². The minimum Gasteiger partial charge on any atom is -0.462 e. The van der Waals surface area contributed by atoms with Crippen LogP contribution in [0.5, 0.6) is 0 Å². The standard InChI is InChI=1S/C17H15ClO4/c1-2-21-16(19)13-9-7-12(8-10-13)11-22-17(20)14-5-3-4-6-15(14)18/h3-10H,2,11H2,1H3. The Balaban J connectivity index is 1.96. The lowest BCUT2D eigenvalue weighted by Gasteiger charge is -2.07. The smallest absolute Gasteiger partial charge is 0.339 e. The number of rotatable bonds is 5. The van der Waals surface area contributed by atoms with Crippen LogP contribution in [-0.2, 0) is 16.1 Å². The molecule has 0 aliphatic heterocycles. The molecule has 0 amide bonds. The minimum atomic E-state index is -0.486. The summed E-state index contributed by atoms with van der Waals surface area (Å²) in [4.78, 5) is 23.4. The summed E-state index contributed by atoms with van der Waals surface area (Å²) in [6, 6.07) is 13.4. The van der Waals surface area contributed by atoms with Crippen LogP contribution in [0.4, 0.5) is 0 Å². The Morgan fingerprint density at radius 1 is 0.955 bits per heavy atom. The van der Waals surface area contributed by atoms with Crippen LogP contribution in [0.2, 0.25) is 5.02 Å². The lowest BCUT2D eigenvalue weighted by molar-refractivity contribution is 0.0469. The third-order valence-electron chi connectivity index (χ3n) is 2.93. The second-order valence-electron chi connectivity index (χ2n) is 4.47. The van der Waals surface area contributed by atoms with Crippen LogP contribution in [0.15, 0.2) is 48.5 Å². The van der Waals surface area contributed by atoms with Crippen molar-refractivity contribution in [1.29, 1.82) is 0 Å². The normalized spacial score (nSPS) is 10.1. The van der Waals surface area contributed by atoms with E-state index in [-0.39, 0.29) is 12.6 Å². The summed E-state index contributed by atoms with van der Waals surface area (Å²) in [6.07, 6.45) is 0. The zero-order valence-corrected chi connectivity index (χ0v) is 12.8. The van der Waals surface area contributed by atoms with E-state index in [1.807, 2.05) is 0 Å². The number of esters is 2. The van der Waals surface area contributed by atoms with Crippen LogP contribution in [0.25, 0.3) is 0 Å². The summed E-state index contributed by atoms with van der Waals surface area (Å²) in [5, 5.41) is 0.352. The highest BCUT2D eigenvalue weighted by Crippen LogP contribution is 2.17. The molecular formula is C17H15ClO4. The third kappa shape index (κ3) is 4.09. The number of benzene rings is 2. The lowest BCUT2D eigenvalue weighted by atomic mass is 10.1. The van der Waals surface area contributed by atoms with Crippen molar-refractivity contribution < 1.29 is 19.1 Å². The molecule has 114 valence electrons. The zero-order valence-electron chi connectivity index (χ0n) is 12.0. The van der Waals surface area contributed by atoms with Crippen molar-refractivity contribution in [2.24, 2.45) is 0 Å². The quantitative estimate of drug-likeness (QED) is 0.785. The summed E-state index contributed by atoms with van der Waals surface area (Å²) >= 11 is 5.93. The van der Waals surface area contributed by atoms with Gasteiger partial charge in [0, 0.05) is 0 Å². The van der Waals surface area contributed by atoms with Crippen molar-refractivity contribution >= 4 is 23.5 Å². The molecule has 0 heterocycles. The number of halogens is 1. The number of carbonyl (C=O) groups excluding carboxylic acids is 2. The summed E-state index contributed by atoms with van der Waals surface area (Å²) < 4.78 is 10.1. The zero-order chi connectivity index (χ0) is 15.9. The first-order valence-electron chi connectivity index (χ1n) is 6.79. The van der Waals surface area contributed by atoms with Gasteiger partial charge in [0.1, 0.15) is 6.61 Å². The molecule has 0 aliphatic rings. The largest absolute Gasteiger partial charge is 0.462 e. The van der Waals surface area contributed by atoms with Crippen LogP contribution >= 0.6 is 11.6 Å². The van der Waals surface area contributed by atoms with Gasteiger partial charge in [0.2, 0.25) is 0 Å². The molecule has 2 rings (SSSR count). The first kappa shape index (κ1) is 16.0. The minimum absolute atomic E-state index is 0.104. The van der Waals surface area contributed by atoms with E-state index >= 15 is 0 Å². The van der Waals surface area contributed by atoms with Gasteiger partial charge in [0.15, 0.2) is 0 Å². The summed E-state index contributed by atoms with van der Waals surface area (Å²) in [7, 11) is 0. The van der Waals surface area contributed by atoms with Crippen molar-refractivity contribution in [3.63, 3.8) is 0 Å². The Bertz CT molecular complexity index is 665. The highest BCUT2D eigenvalue weighted by molar-refractivity contribution is 6.33. The average Bonchev–Trinajstić information content (AvgIpc) is 2.54. The van der Waals surface area contributed by atoms with E-state index in [9.17, 15) is 9.59 Å². The molecule has 22 heavy (non-hydrogen) atoms. The molecule has 2 aromatic rings. The number of hydrogen-bond acceptors (Lipinski definition) is 4. The highest BCUT2D eigenvalue weighted by Gasteiger charge is 2.11. The van der Waals surface area contributed by atoms with Crippen molar-refractivity contribution in [2.45, 2.75) is 13.5 Å². The van der Waals surface area contributed by atoms with Gasteiger partial charge >= 0.3 is 11.9 Å². The van der Waals surface area contributed by atoms with Crippen LogP contribution in [-0.4, -0.2) is 18.5 Å². The van der Waals surface area contributed by atoms with Crippen LogP contribution in [0.1, 0.15) is 33.2 Å². The predicted molar refractivity (Wildman–Crippen MR) is 83.0 cm³/mol. The molecule has 0 aliphatic carbocycles. The first-order valence-corrected chi connectivity index (χ1v) is 7.17. The Morgan fingerprint density at radius 3 is 2.27 bits per heavy atom. The molecule has 0 spiro atoms. The molecule has 0 unspecified atom stereocenters. The summed E-state index contributed by atoms with van der Waals surface area (Å²) in [6.45, 7) is 2.18. The van der Waals surface area contributed by atoms with E-state index in [2.05, 4.69) is 0 Å². The topological polar surface area (TPSA) is 52.6 Å². The molecule has 0 fully saturated rings. The van der Waals surface area contributed by atoms with E-state index in [1.54, 1.807) is 55.5 Å². The fourth-order valence-electron chi connectivity index (χ4n) is 1.80. The number of hydrogen-bond donors (Lipinski definition) is 0. The molecule has 0 aromatic heterocycles. The predicted octanol–water partition coefficient (Wildman–Crippen LogP) is 3.87. The summed E-state index contributed by atoms with van der Waals surface area (Å²) in [5.74, 6) is -0.859. The molecule has 5 heteroatoms. The SMILES string of the molecule is CCOC(=O)c1ccc(COC(=O)c2ccccc2Cl)cc1. The molecule has 0 N–H and O–H groups in total. The summed E-state index contributed by atoms with van der Waals surface area (Å²) in [5.41, 5.74) is 1.56. The molecular weight excluding hydrogens is 304 g/mol. The van der Waals surface area contributed by atoms with Crippen molar-refractivity contribution in [2.75, 3.05) is 6.61 Å². The van der Waals surface area contributed by atoms with E-state index in [0.717, 1.165) is 5.56 Å². The van der Waals surface area contributed by atoms with Crippen LogP contribution < -0.4 is 0 Å². The van der Waals surface area contributed by atoms with E-state index in [4.69, 9.17) is 21.1 Å². The Labute approximate surface area is 133 Å². The Kier molecular flexibility index (Phi) is 5.55. The van der Waals surface area contributed by atoms with Gasteiger partial charge in [-0.25, -0.2) is 9.59 Å². The van der Waals surface area contributed by atoms with Gasteiger partial charge in [0.25, 0.3) is 0 Å². The maximum absolute atomic E-state index is 11.9. The lowest BCUT2D eigenvalue weighted by Crippen LogP contribution is -2.07. The van der Waals surface area contributed by atoms with E-state index in [1.165, 1.54) is 0 Å². The van der Waals surface area contributed by atoms with Gasteiger partial charge in [0.05, 0.1) is 22.8 Å². The molecule has 0 atom stereocenters. The van der Waals surface area contributed by atoms with E-state index in [0.29, 0.717) is 22.8 Å². The Morgan fingerprint density at radius 2 is 1.64 bits per heavy atom. The van der Waals surface area contributed by atoms with Gasteiger partial charge in [-0.15, -0.1) is 0 Å². The number of ether oxygens (including phenoxy) is 2. The fraction of sp³-hybridized carbons (Fsp3) is 0.176. The molecule has 0 saturated carbocycles. The fourth-order valence-corrected chi connectivity index (χ4v) is 2.02. The van der Waals surface area contributed by atoms with Gasteiger partial charge in [-0.1, -0.05) is 35.9 Å². The van der Waals surface area contributed by atoms with Gasteiger partial charge in [-0.05, 0) is 36.8 Å². The number of carbonyl (C=O) groups is 2. The maximum Gasteiger partial charge on any atom is 0.339 e. The van der Waals surface area contributed by atoms with Crippen molar-refractivity contribution in [1.82, 2.24) is 0 Å². The molecule has 0 radical (unpaired) electrons. The van der Waals surface area contributed by atoms with Gasteiger partial charge in [-0.2, -0.15) is 0 Å². The second-order valence-corrected chi connectivity index (χ2v) is 4.88. The molecule has 2 aromatic carbocycles. The second kappa shape index (κ2) is 7.61. The third-order valence-corrected chi connectivity index (χ3v) is 3.26. The monoisotopic (exact) mass is 318 g/mol. The highest BCUT2D eigenvalue weighted by atomic mass is 35.5. The first-order chi connectivity index (χ1) is 10.6. The van der Waals surface area contributed by atoms with Gasteiger partial charge in [-0.3, -0.25) is 0 Å². The molecule has 4 nitrogen and oxygen atoms in total.